The van der Waals surface area contributed by atoms with Crippen LogP contribution in [0.2, 0.25) is 0 Å². The third-order valence-electron chi connectivity index (χ3n) is 4.15. The van der Waals surface area contributed by atoms with E-state index in [9.17, 15) is 4.79 Å². The Labute approximate surface area is 185 Å². The van der Waals surface area contributed by atoms with Gasteiger partial charge in [0.1, 0.15) is 0 Å². The molecule has 8 heteroatoms. The van der Waals surface area contributed by atoms with Crippen molar-refractivity contribution >= 4 is 35.8 Å². The predicted molar refractivity (Wildman–Crippen MR) is 124 cm³/mol. The maximum atomic E-state index is 11.9. The van der Waals surface area contributed by atoms with Gasteiger partial charge in [-0.15, -0.1) is 24.0 Å². The highest BCUT2D eigenvalue weighted by Crippen LogP contribution is 2.09. The average molecular weight is 503 g/mol. The number of ether oxygens (including phenoxy) is 1. The van der Waals surface area contributed by atoms with Crippen molar-refractivity contribution in [2.24, 2.45) is 4.99 Å². The number of carbonyl (C=O) groups excluding carboxylic acids is 1. The lowest BCUT2D eigenvalue weighted by molar-refractivity contribution is -0.121. The normalized spacial score (nSPS) is 15.5. The summed E-state index contributed by atoms with van der Waals surface area (Å²) in [6.07, 6.45) is 0. The lowest BCUT2D eigenvalue weighted by atomic mass is 10.1. The maximum absolute atomic E-state index is 11.9. The Morgan fingerprint density at radius 2 is 1.71 bits per heavy atom. The fraction of sp³-hybridized carbons (Fsp3) is 0.600. The molecule has 0 aliphatic carbocycles. The van der Waals surface area contributed by atoms with Gasteiger partial charge in [-0.1, -0.05) is 24.3 Å². The van der Waals surface area contributed by atoms with Gasteiger partial charge < -0.3 is 20.7 Å². The van der Waals surface area contributed by atoms with E-state index < -0.39 is 0 Å². The smallest absolute Gasteiger partial charge is 0.239 e. The molecular formula is C20H34IN5O2. The van der Waals surface area contributed by atoms with Crippen LogP contribution in [0.5, 0.6) is 0 Å². The molecule has 0 aromatic heterocycles. The van der Waals surface area contributed by atoms with Crippen molar-refractivity contribution in [1.82, 2.24) is 20.9 Å². The van der Waals surface area contributed by atoms with Gasteiger partial charge in [-0.05, 0) is 31.9 Å². The second-order valence-electron chi connectivity index (χ2n) is 7.78. The number of carbonyl (C=O) groups is 1. The van der Waals surface area contributed by atoms with Gasteiger partial charge in [-0.2, -0.15) is 0 Å². The Kier molecular flexibility index (Phi) is 10.8. The number of halogens is 1. The first-order valence-corrected chi connectivity index (χ1v) is 9.49. The summed E-state index contributed by atoms with van der Waals surface area (Å²) in [5.41, 5.74) is 2.24. The summed E-state index contributed by atoms with van der Waals surface area (Å²) in [6.45, 7) is 11.3. The van der Waals surface area contributed by atoms with Gasteiger partial charge >= 0.3 is 0 Å². The number of nitrogens with zero attached hydrogens (tertiary/aromatic N) is 2. The summed E-state index contributed by atoms with van der Waals surface area (Å²) < 4.78 is 5.39. The van der Waals surface area contributed by atoms with Crippen molar-refractivity contribution in [3.63, 3.8) is 0 Å². The van der Waals surface area contributed by atoms with E-state index >= 15 is 0 Å². The lowest BCUT2D eigenvalue weighted by Gasteiger charge is -2.26. The number of aliphatic imine (C=N–C) groups is 1. The Balaban J connectivity index is 0.00000392. The molecule has 1 heterocycles. The molecule has 0 atom stereocenters. The molecule has 1 aromatic rings. The minimum absolute atomic E-state index is 0. The first-order valence-electron chi connectivity index (χ1n) is 9.49. The monoisotopic (exact) mass is 503 g/mol. The quantitative estimate of drug-likeness (QED) is 0.313. The van der Waals surface area contributed by atoms with Crippen molar-refractivity contribution < 1.29 is 9.53 Å². The van der Waals surface area contributed by atoms with Crippen LogP contribution in [0.4, 0.5) is 0 Å². The van der Waals surface area contributed by atoms with Gasteiger partial charge in [-0.3, -0.25) is 14.7 Å². The number of benzene rings is 1. The van der Waals surface area contributed by atoms with Crippen LogP contribution in [0.3, 0.4) is 0 Å². The zero-order valence-electron chi connectivity index (χ0n) is 17.4. The molecule has 0 saturated carbocycles. The Bertz CT molecular complexity index is 622. The van der Waals surface area contributed by atoms with Crippen LogP contribution in [0.25, 0.3) is 0 Å². The summed E-state index contributed by atoms with van der Waals surface area (Å²) in [5.74, 6) is 0.550. The number of guanidine groups is 1. The van der Waals surface area contributed by atoms with Crippen molar-refractivity contribution in [3.05, 3.63) is 35.4 Å². The van der Waals surface area contributed by atoms with E-state index in [1.165, 1.54) is 11.1 Å². The highest BCUT2D eigenvalue weighted by atomic mass is 127. The van der Waals surface area contributed by atoms with E-state index in [4.69, 9.17) is 4.74 Å². The lowest BCUT2D eigenvalue weighted by Crippen LogP contribution is -2.48. The average Bonchev–Trinajstić information content (AvgIpc) is 2.62. The van der Waals surface area contributed by atoms with Gasteiger partial charge in [0.2, 0.25) is 5.91 Å². The zero-order valence-corrected chi connectivity index (χ0v) is 19.7. The molecule has 158 valence electrons. The van der Waals surface area contributed by atoms with Gasteiger partial charge in [0.25, 0.3) is 0 Å². The van der Waals surface area contributed by atoms with Crippen LogP contribution in [-0.2, 0) is 22.6 Å². The second kappa shape index (κ2) is 12.2. The third-order valence-corrected chi connectivity index (χ3v) is 4.15. The number of hydrogen-bond acceptors (Lipinski definition) is 4. The van der Waals surface area contributed by atoms with Crippen LogP contribution in [0.15, 0.2) is 29.3 Å². The fourth-order valence-corrected chi connectivity index (χ4v) is 2.81. The molecule has 0 unspecified atom stereocenters. The van der Waals surface area contributed by atoms with Gasteiger partial charge in [0, 0.05) is 38.8 Å². The van der Waals surface area contributed by atoms with Crippen molar-refractivity contribution in [2.45, 2.75) is 39.4 Å². The summed E-state index contributed by atoms with van der Waals surface area (Å²) in [7, 11) is 1.70. The van der Waals surface area contributed by atoms with Gasteiger partial charge in [-0.25, -0.2) is 0 Å². The second-order valence-corrected chi connectivity index (χ2v) is 7.78. The molecule has 0 bridgehead atoms. The predicted octanol–water partition coefficient (Wildman–Crippen LogP) is 1.72. The third kappa shape index (κ3) is 9.70. The van der Waals surface area contributed by atoms with Crippen LogP contribution < -0.4 is 16.0 Å². The van der Waals surface area contributed by atoms with Crippen LogP contribution in [0, 0.1) is 0 Å². The first kappa shape index (κ1) is 24.6. The number of nitrogens with one attached hydrogen (secondary N) is 3. The Morgan fingerprint density at radius 1 is 1.11 bits per heavy atom. The molecule has 7 nitrogen and oxygen atoms in total. The van der Waals surface area contributed by atoms with E-state index in [0.717, 1.165) is 32.8 Å². The maximum Gasteiger partial charge on any atom is 0.239 e. The SMILES string of the molecule is CN=C(NCC(=O)NC(C)(C)C)NCc1ccc(CN2CCOCC2)cc1.I. The molecule has 3 N–H and O–H groups in total. The standard InChI is InChI=1S/C20H33N5O2.HI/c1-20(2,3)24-18(26)14-23-19(21-4)22-13-16-5-7-17(8-6-16)15-25-9-11-27-12-10-25;/h5-8H,9-15H2,1-4H3,(H,24,26)(H2,21,22,23);1H. The molecule has 0 radical (unpaired) electrons. The van der Waals surface area contributed by atoms with Gasteiger partial charge in [0.05, 0.1) is 19.8 Å². The minimum Gasteiger partial charge on any atom is -0.379 e. The number of amides is 1. The highest BCUT2D eigenvalue weighted by Gasteiger charge is 2.14. The number of rotatable bonds is 6. The fourth-order valence-electron chi connectivity index (χ4n) is 2.81. The summed E-state index contributed by atoms with van der Waals surface area (Å²) in [6, 6.07) is 8.59. The first-order chi connectivity index (χ1) is 12.9. The van der Waals surface area contributed by atoms with Crippen LogP contribution in [0.1, 0.15) is 31.9 Å². The molecule has 1 amide bonds. The van der Waals surface area contributed by atoms with E-state index in [1.54, 1.807) is 7.05 Å². The van der Waals surface area contributed by atoms with Crippen molar-refractivity contribution in [3.8, 4) is 0 Å². The van der Waals surface area contributed by atoms with E-state index in [2.05, 4.69) is 50.1 Å². The topological polar surface area (TPSA) is 78.0 Å². The largest absolute Gasteiger partial charge is 0.379 e. The number of morpholine rings is 1. The molecule has 28 heavy (non-hydrogen) atoms. The van der Waals surface area contributed by atoms with E-state index in [-0.39, 0.29) is 42.0 Å². The molecule has 2 rings (SSSR count). The van der Waals surface area contributed by atoms with Gasteiger partial charge in [0.15, 0.2) is 5.96 Å². The summed E-state index contributed by atoms with van der Waals surface area (Å²) in [5, 5.41) is 9.19. The minimum atomic E-state index is -0.237. The Hall–Kier alpha value is -1.39. The molecule has 1 fully saturated rings. The molecule has 0 spiro atoms. The van der Waals surface area contributed by atoms with Crippen LogP contribution >= 0.6 is 24.0 Å². The highest BCUT2D eigenvalue weighted by molar-refractivity contribution is 14.0. The summed E-state index contributed by atoms with van der Waals surface area (Å²) >= 11 is 0. The molecular weight excluding hydrogens is 469 g/mol. The van der Waals surface area contributed by atoms with E-state index in [1.807, 2.05) is 20.8 Å². The van der Waals surface area contributed by atoms with Crippen LogP contribution in [-0.4, -0.2) is 62.2 Å². The molecule has 1 aliphatic heterocycles. The summed E-state index contributed by atoms with van der Waals surface area (Å²) in [4.78, 5) is 18.5. The Morgan fingerprint density at radius 3 is 2.29 bits per heavy atom. The number of hydrogen-bond donors (Lipinski definition) is 3. The van der Waals surface area contributed by atoms with Crippen molar-refractivity contribution in [2.75, 3.05) is 39.9 Å². The van der Waals surface area contributed by atoms with Crippen molar-refractivity contribution in [1.29, 1.82) is 0 Å². The molecule has 1 aliphatic rings. The molecule has 1 aromatic carbocycles. The van der Waals surface area contributed by atoms with E-state index in [0.29, 0.717) is 12.5 Å². The zero-order chi connectivity index (χ0) is 19.7. The molecule has 1 saturated heterocycles.